The average molecular weight is 288 g/mol. The number of hydrogen-bond donors (Lipinski definition) is 2. The number of thioether (sulfide) groups is 1. The van der Waals surface area contributed by atoms with Gasteiger partial charge >= 0.3 is 5.69 Å². The van der Waals surface area contributed by atoms with Crippen molar-refractivity contribution in [2.24, 2.45) is 5.73 Å². The third-order valence-electron chi connectivity index (χ3n) is 4.08. The van der Waals surface area contributed by atoms with Crippen LogP contribution in [0.4, 0.5) is 0 Å². The largest absolute Gasteiger partial charge is 0.344 e. The number of nitrogens with zero attached hydrogens (tertiary/aromatic N) is 2. The van der Waals surface area contributed by atoms with Crippen LogP contribution in [0.1, 0.15) is 36.1 Å². The fourth-order valence-corrected chi connectivity index (χ4v) is 4.14. The van der Waals surface area contributed by atoms with E-state index in [-0.39, 0.29) is 17.0 Å². The van der Waals surface area contributed by atoms with Crippen LogP contribution in [0, 0.1) is 0 Å². The minimum absolute atomic E-state index is 0.00987. The number of hydrogen-bond acceptors (Lipinski definition) is 4. The van der Waals surface area contributed by atoms with Gasteiger partial charge in [-0.15, -0.1) is 5.10 Å². The van der Waals surface area contributed by atoms with Crippen molar-refractivity contribution in [1.29, 1.82) is 0 Å². The highest BCUT2D eigenvalue weighted by Crippen LogP contribution is 2.42. The van der Waals surface area contributed by atoms with Gasteiger partial charge in [-0.2, -0.15) is 0 Å². The molecule has 0 spiro atoms. The molecule has 5 nitrogen and oxygen atoms in total. The molecule has 1 heterocycles. The molecule has 0 amide bonds. The Morgan fingerprint density at radius 1 is 1.35 bits per heavy atom. The molecule has 2 unspecified atom stereocenters. The standard InChI is InChI=1S/C14H16N4OS/c15-12-10-4-2-1-3-8(10)7-11(12)20-14-17-16-13(19)18(14)9-5-6-9/h1-4,9,11-12H,5-7,15H2,(H,16,19). The second-order valence-electron chi connectivity index (χ2n) is 5.50. The number of H-pyrrole nitrogens is 1. The lowest BCUT2D eigenvalue weighted by atomic mass is 10.1. The number of fused-ring (bicyclic) bond motifs is 1. The summed E-state index contributed by atoms with van der Waals surface area (Å²) in [7, 11) is 0. The molecule has 1 aromatic carbocycles. The van der Waals surface area contributed by atoms with Gasteiger partial charge in [-0.3, -0.25) is 4.57 Å². The summed E-state index contributed by atoms with van der Waals surface area (Å²) in [5.74, 6) is 0. The summed E-state index contributed by atoms with van der Waals surface area (Å²) in [6.07, 6.45) is 3.08. The Balaban J connectivity index is 1.61. The van der Waals surface area contributed by atoms with Crippen LogP contribution in [-0.4, -0.2) is 20.0 Å². The Labute approximate surface area is 120 Å². The van der Waals surface area contributed by atoms with Gasteiger partial charge in [-0.05, 0) is 30.4 Å². The number of aromatic nitrogens is 3. The van der Waals surface area contributed by atoms with E-state index >= 15 is 0 Å². The van der Waals surface area contributed by atoms with E-state index in [0.29, 0.717) is 6.04 Å². The Hall–Kier alpha value is -1.53. The molecule has 104 valence electrons. The van der Waals surface area contributed by atoms with Gasteiger partial charge in [0.05, 0.1) is 0 Å². The highest BCUT2D eigenvalue weighted by atomic mass is 32.2. The molecule has 1 fully saturated rings. The molecule has 20 heavy (non-hydrogen) atoms. The molecule has 1 aromatic heterocycles. The molecule has 0 bridgehead atoms. The zero-order valence-electron chi connectivity index (χ0n) is 11.0. The quantitative estimate of drug-likeness (QED) is 0.900. The van der Waals surface area contributed by atoms with Crippen molar-refractivity contribution in [2.75, 3.05) is 0 Å². The Morgan fingerprint density at radius 2 is 2.15 bits per heavy atom. The molecular formula is C14H16N4OS. The summed E-state index contributed by atoms with van der Waals surface area (Å²) in [5, 5.41) is 7.77. The Morgan fingerprint density at radius 3 is 2.90 bits per heavy atom. The van der Waals surface area contributed by atoms with Crippen molar-refractivity contribution in [2.45, 2.75) is 41.8 Å². The number of aromatic amines is 1. The SMILES string of the molecule is NC1c2ccccc2CC1Sc1n[nH]c(=O)n1C1CC1. The lowest BCUT2D eigenvalue weighted by Gasteiger charge is -2.15. The number of nitrogens with two attached hydrogens (primary N) is 1. The summed E-state index contributed by atoms with van der Waals surface area (Å²) in [6.45, 7) is 0. The van der Waals surface area contributed by atoms with Crippen LogP contribution >= 0.6 is 11.8 Å². The maximum Gasteiger partial charge on any atom is 0.344 e. The molecule has 4 rings (SSSR count). The van der Waals surface area contributed by atoms with Crippen LogP contribution in [0.5, 0.6) is 0 Å². The predicted molar refractivity (Wildman–Crippen MR) is 77.8 cm³/mol. The van der Waals surface area contributed by atoms with Crippen molar-refractivity contribution in [3.63, 3.8) is 0 Å². The minimum atomic E-state index is -0.0981. The van der Waals surface area contributed by atoms with Gasteiger partial charge in [0, 0.05) is 17.3 Å². The van der Waals surface area contributed by atoms with Crippen LogP contribution in [0.25, 0.3) is 0 Å². The van der Waals surface area contributed by atoms with Crippen molar-refractivity contribution in [3.05, 3.63) is 45.9 Å². The molecule has 6 heteroatoms. The summed E-state index contributed by atoms with van der Waals surface area (Å²) in [6, 6.07) is 8.65. The van der Waals surface area contributed by atoms with E-state index in [1.807, 2.05) is 12.1 Å². The molecule has 0 aliphatic heterocycles. The maximum absolute atomic E-state index is 11.8. The van der Waals surface area contributed by atoms with Crippen LogP contribution < -0.4 is 11.4 Å². The highest BCUT2D eigenvalue weighted by Gasteiger charge is 2.34. The van der Waals surface area contributed by atoms with Crippen molar-refractivity contribution in [1.82, 2.24) is 14.8 Å². The summed E-state index contributed by atoms with van der Waals surface area (Å²) in [4.78, 5) is 11.8. The molecule has 0 radical (unpaired) electrons. The fourth-order valence-electron chi connectivity index (χ4n) is 2.87. The lowest BCUT2D eigenvalue weighted by Crippen LogP contribution is -2.21. The summed E-state index contributed by atoms with van der Waals surface area (Å²) in [5.41, 5.74) is 8.78. The topological polar surface area (TPSA) is 76.7 Å². The van der Waals surface area contributed by atoms with Gasteiger partial charge in [0.2, 0.25) is 0 Å². The zero-order chi connectivity index (χ0) is 13.7. The Kier molecular flexibility index (Phi) is 2.75. The monoisotopic (exact) mass is 288 g/mol. The smallest absolute Gasteiger partial charge is 0.323 e. The second-order valence-corrected chi connectivity index (χ2v) is 6.70. The minimum Gasteiger partial charge on any atom is -0.323 e. The molecule has 2 aliphatic rings. The van der Waals surface area contributed by atoms with E-state index in [9.17, 15) is 4.79 Å². The van der Waals surface area contributed by atoms with E-state index < -0.39 is 0 Å². The van der Waals surface area contributed by atoms with E-state index in [0.717, 1.165) is 24.4 Å². The van der Waals surface area contributed by atoms with Gasteiger partial charge < -0.3 is 5.73 Å². The van der Waals surface area contributed by atoms with E-state index in [4.69, 9.17) is 5.73 Å². The predicted octanol–water partition coefficient (Wildman–Crippen LogP) is 1.62. The van der Waals surface area contributed by atoms with Crippen molar-refractivity contribution in [3.8, 4) is 0 Å². The van der Waals surface area contributed by atoms with Crippen LogP contribution in [-0.2, 0) is 6.42 Å². The summed E-state index contributed by atoms with van der Waals surface area (Å²) >= 11 is 1.63. The van der Waals surface area contributed by atoms with E-state index in [2.05, 4.69) is 22.3 Å². The van der Waals surface area contributed by atoms with Crippen LogP contribution in [0.2, 0.25) is 0 Å². The first-order valence-corrected chi connectivity index (χ1v) is 7.79. The normalized spacial score (nSPS) is 24.9. The van der Waals surface area contributed by atoms with Crippen LogP contribution in [0.15, 0.2) is 34.2 Å². The number of nitrogens with one attached hydrogen (secondary N) is 1. The average Bonchev–Trinajstić information content (AvgIpc) is 3.15. The van der Waals surface area contributed by atoms with Gasteiger partial charge in [0.25, 0.3) is 0 Å². The number of rotatable bonds is 3. The molecule has 2 atom stereocenters. The summed E-state index contributed by atoms with van der Waals surface area (Å²) < 4.78 is 1.79. The van der Waals surface area contributed by atoms with E-state index in [1.165, 1.54) is 11.1 Å². The van der Waals surface area contributed by atoms with Crippen molar-refractivity contribution < 1.29 is 0 Å². The molecule has 0 saturated heterocycles. The molecular weight excluding hydrogens is 272 g/mol. The van der Waals surface area contributed by atoms with Gasteiger partial charge in [0.1, 0.15) is 0 Å². The van der Waals surface area contributed by atoms with Gasteiger partial charge in [-0.1, -0.05) is 36.0 Å². The van der Waals surface area contributed by atoms with Crippen LogP contribution in [0.3, 0.4) is 0 Å². The van der Waals surface area contributed by atoms with E-state index in [1.54, 1.807) is 16.3 Å². The number of benzene rings is 1. The first kappa shape index (κ1) is 12.2. The van der Waals surface area contributed by atoms with Crippen molar-refractivity contribution >= 4 is 11.8 Å². The molecule has 3 N–H and O–H groups in total. The third-order valence-corrected chi connectivity index (χ3v) is 5.34. The van der Waals surface area contributed by atoms with Gasteiger partial charge in [-0.25, -0.2) is 9.89 Å². The molecule has 2 aliphatic carbocycles. The Bertz CT molecular complexity index is 703. The zero-order valence-corrected chi connectivity index (χ0v) is 11.8. The molecule has 2 aromatic rings. The second kappa shape index (κ2) is 4.49. The highest BCUT2D eigenvalue weighted by molar-refractivity contribution is 7.99. The fraction of sp³-hybridized carbons (Fsp3) is 0.429. The maximum atomic E-state index is 11.8. The van der Waals surface area contributed by atoms with Gasteiger partial charge in [0.15, 0.2) is 5.16 Å². The third kappa shape index (κ3) is 1.91. The first-order valence-electron chi connectivity index (χ1n) is 6.91. The lowest BCUT2D eigenvalue weighted by molar-refractivity contribution is 0.636. The molecule has 1 saturated carbocycles. The first-order chi connectivity index (χ1) is 9.74.